The minimum Gasteiger partial charge on any atom is -0.493 e. The number of halogens is 1. The molecule has 1 fully saturated rings. The molecule has 0 aromatic heterocycles. The number of nitrogens with one attached hydrogen (secondary N) is 1. The van der Waals surface area contributed by atoms with Gasteiger partial charge in [-0.3, -0.25) is 4.79 Å². The van der Waals surface area contributed by atoms with Crippen molar-refractivity contribution in [3.05, 3.63) is 23.8 Å². The van der Waals surface area contributed by atoms with Gasteiger partial charge in [0.15, 0.2) is 27.1 Å². The molecular weight excluding hydrogens is 330 g/mol. The van der Waals surface area contributed by atoms with E-state index in [-0.39, 0.29) is 23.8 Å². The van der Waals surface area contributed by atoms with Gasteiger partial charge in [0, 0.05) is 11.6 Å². The first kappa shape index (κ1) is 17.1. The van der Waals surface area contributed by atoms with Crippen molar-refractivity contribution in [2.75, 3.05) is 32.3 Å². The number of sulfone groups is 1. The molecule has 1 aromatic rings. The van der Waals surface area contributed by atoms with E-state index in [4.69, 9.17) is 21.1 Å². The van der Waals surface area contributed by atoms with E-state index in [1.54, 1.807) is 18.2 Å². The second-order valence-electron chi connectivity index (χ2n) is 5.07. The molecule has 1 N–H and O–H groups in total. The van der Waals surface area contributed by atoms with E-state index in [1.807, 2.05) is 0 Å². The molecule has 1 aliphatic rings. The zero-order valence-corrected chi connectivity index (χ0v) is 13.9. The molecule has 1 aromatic carbocycles. The zero-order valence-electron chi connectivity index (χ0n) is 12.3. The van der Waals surface area contributed by atoms with Gasteiger partial charge in [0.1, 0.15) is 0 Å². The van der Waals surface area contributed by atoms with Crippen LogP contribution in [-0.4, -0.2) is 57.9 Å². The van der Waals surface area contributed by atoms with Crippen LogP contribution in [0, 0.1) is 0 Å². The summed E-state index contributed by atoms with van der Waals surface area (Å²) in [5.41, 5.74) is 0.456. The molecule has 2 atom stereocenters. The smallest absolute Gasteiger partial charge is 0.176 e. The number of hydrogen-bond donors (Lipinski definition) is 1. The molecule has 0 bridgehead atoms. The number of ether oxygens (including phenoxy) is 2. The van der Waals surface area contributed by atoms with E-state index < -0.39 is 21.3 Å². The Morgan fingerprint density at radius 3 is 2.50 bits per heavy atom. The van der Waals surface area contributed by atoms with E-state index in [1.165, 1.54) is 14.2 Å². The van der Waals surface area contributed by atoms with E-state index >= 15 is 0 Å². The van der Waals surface area contributed by atoms with Crippen molar-refractivity contribution in [2.24, 2.45) is 0 Å². The molecule has 22 heavy (non-hydrogen) atoms. The van der Waals surface area contributed by atoms with Crippen LogP contribution in [0.5, 0.6) is 11.5 Å². The van der Waals surface area contributed by atoms with Gasteiger partial charge in [0.25, 0.3) is 0 Å². The third-order valence-corrected chi connectivity index (χ3v) is 5.89. The van der Waals surface area contributed by atoms with Gasteiger partial charge in [-0.2, -0.15) is 0 Å². The number of alkyl halides is 1. The Labute approximate surface area is 134 Å². The average molecular weight is 348 g/mol. The van der Waals surface area contributed by atoms with Gasteiger partial charge >= 0.3 is 0 Å². The fourth-order valence-corrected chi connectivity index (χ4v) is 4.94. The minimum absolute atomic E-state index is 0.0128. The Morgan fingerprint density at radius 2 is 1.95 bits per heavy atom. The fourth-order valence-electron chi connectivity index (χ4n) is 2.33. The lowest BCUT2D eigenvalue weighted by atomic mass is 10.1. The molecule has 1 heterocycles. The number of carbonyl (C=O) groups excluding carboxylic acids is 1. The number of Topliss-reactive ketones (excluding diaryl/α,β-unsaturated/α-hetero) is 1. The number of rotatable bonds is 6. The highest BCUT2D eigenvalue weighted by Gasteiger charge is 2.36. The van der Waals surface area contributed by atoms with E-state index in [0.717, 1.165) is 0 Å². The van der Waals surface area contributed by atoms with Crippen LogP contribution >= 0.6 is 11.6 Å². The zero-order chi connectivity index (χ0) is 16.3. The Bertz CT molecular complexity index is 661. The van der Waals surface area contributed by atoms with Gasteiger partial charge in [-0.25, -0.2) is 8.42 Å². The largest absolute Gasteiger partial charge is 0.493 e. The van der Waals surface area contributed by atoms with Crippen molar-refractivity contribution < 1.29 is 22.7 Å². The highest BCUT2D eigenvalue weighted by atomic mass is 35.5. The molecule has 0 radical (unpaired) electrons. The number of carbonyl (C=O) groups is 1. The maximum absolute atomic E-state index is 12.2. The van der Waals surface area contributed by atoms with Crippen LogP contribution in [0.1, 0.15) is 10.4 Å². The van der Waals surface area contributed by atoms with E-state index in [2.05, 4.69) is 5.32 Å². The topological polar surface area (TPSA) is 81.7 Å². The van der Waals surface area contributed by atoms with Crippen LogP contribution in [0.15, 0.2) is 18.2 Å². The Morgan fingerprint density at radius 1 is 1.27 bits per heavy atom. The lowest BCUT2D eigenvalue weighted by molar-refractivity contribution is 0.0988. The summed E-state index contributed by atoms with van der Waals surface area (Å²) in [5.74, 6) is 0.729. The average Bonchev–Trinajstić information content (AvgIpc) is 2.76. The maximum Gasteiger partial charge on any atom is 0.176 e. The molecule has 0 aliphatic carbocycles. The SMILES string of the molecule is COc1ccc(C(=O)CN[C@H]2CS(=O)(=O)C[C@H]2Cl)cc1OC. The van der Waals surface area contributed by atoms with Crippen molar-refractivity contribution >= 4 is 27.2 Å². The fraction of sp³-hybridized carbons (Fsp3) is 0.500. The van der Waals surface area contributed by atoms with Crippen LogP contribution in [0.25, 0.3) is 0 Å². The third-order valence-electron chi connectivity index (χ3n) is 3.51. The summed E-state index contributed by atoms with van der Waals surface area (Å²) in [4.78, 5) is 12.2. The summed E-state index contributed by atoms with van der Waals surface area (Å²) in [6.45, 7) is 0.0128. The quantitative estimate of drug-likeness (QED) is 0.607. The van der Waals surface area contributed by atoms with Crippen molar-refractivity contribution in [3.8, 4) is 11.5 Å². The summed E-state index contributed by atoms with van der Waals surface area (Å²) in [7, 11) is -0.111. The molecule has 0 saturated carbocycles. The van der Waals surface area contributed by atoms with Gasteiger partial charge in [0.05, 0.1) is 37.6 Å². The molecule has 2 rings (SSSR count). The first-order chi connectivity index (χ1) is 10.4. The summed E-state index contributed by atoms with van der Waals surface area (Å²) < 4.78 is 33.2. The van der Waals surface area contributed by atoms with Crippen molar-refractivity contribution in [3.63, 3.8) is 0 Å². The number of methoxy groups -OCH3 is 2. The van der Waals surface area contributed by atoms with Crippen LogP contribution in [0.4, 0.5) is 0 Å². The molecule has 0 unspecified atom stereocenters. The molecule has 1 saturated heterocycles. The molecule has 8 heteroatoms. The summed E-state index contributed by atoms with van der Waals surface area (Å²) in [6, 6.07) is 4.47. The first-order valence-electron chi connectivity index (χ1n) is 6.69. The molecule has 6 nitrogen and oxygen atoms in total. The van der Waals surface area contributed by atoms with E-state index in [0.29, 0.717) is 17.1 Å². The summed E-state index contributed by atoms with van der Waals surface area (Å²) in [6.07, 6.45) is 0. The monoisotopic (exact) mass is 347 g/mol. The van der Waals surface area contributed by atoms with Gasteiger partial charge in [-0.1, -0.05) is 0 Å². The number of hydrogen-bond acceptors (Lipinski definition) is 6. The maximum atomic E-state index is 12.2. The lowest BCUT2D eigenvalue weighted by Crippen LogP contribution is -2.39. The Kier molecular flexibility index (Phi) is 5.31. The number of benzene rings is 1. The normalized spacial score (nSPS) is 23.2. The van der Waals surface area contributed by atoms with Crippen molar-refractivity contribution in [2.45, 2.75) is 11.4 Å². The second kappa shape index (κ2) is 6.85. The van der Waals surface area contributed by atoms with E-state index in [9.17, 15) is 13.2 Å². The highest BCUT2D eigenvalue weighted by molar-refractivity contribution is 7.91. The molecular formula is C14H18ClNO5S. The van der Waals surface area contributed by atoms with Gasteiger partial charge in [0.2, 0.25) is 0 Å². The molecule has 0 amide bonds. The molecule has 122 valence electrons. The van der Waals surface area contributed by atoms with Crippen LogP contribution in [-0.2, 0) is 9.84 Å². The predicted molar refractivity (Wildman–Crippen MR) is 84.0 cm³/mol. The van der Waals surface area contributed by atoms with Crippen LogP contribution in [0.3, 0.4) is 0 Å². The standard InChI is InChI=1S/C14H18ClNO5S/c1-20-13-4-3-9(5-14(13)21-2)12(17)6-16-11-8-22(18,19)7-10(11)15/h3-5,10-11,16H,6-8H2,1-2H3/t10-,11+/m1/s1. The lowest BCUT2D eigenvalue weighted by Gasteiger charge is -2.14. The van der Waals surface area contributed by atoms with Crippen LogP contribution in [0.2, 0.25) is 0 Å². The van der Waals surface area contributed by atoms with Crippen molar-refractivity contribution in [1.82, 2.24) is 5.32 Å². The van der Waals surface area contributed by atoms with Gasteiger partial charge in [-0.15, -0.1) is 11.6 Å². The highest BCUT2D eigenvalue weighted by Crippen LogP contribution is 2.27. The Balaban J connectivity index is 2.01. The molecule has 0 spiro atoms. The first-order valence-corrected chi connectivity index (χ1v) is 8.95. The summed E-state index contributed by atoms with van der Waals surface area (Å²) >= 11 is 5.99. The van der Waals surface area contributed by atoms with Crippen LogP contribution < -0.4 is 14.8 Å². The molecule has 1 aliphatic heterocycles. The minimum atomic E-state index is -3.12. The Hall–Kier alpha value is -1.31. The predicted octanol–water partition coefficient (Wildman–Crippen LogP) is 0.881. The van der Waals surface area contributed by atoms with Crippen molar-refractivity contribution in [1.29, 1.82) is 0 Å². The summed E-state index contributed by atoms with van der Waals surface area (Å²) in [5, 5.41) is 2.41. The van der Waals surface area contributed by atoms with Gasteiger partial charge < -0.3 is 14.8 Å². The third kappa shape index (κ3) is 3.91. The van der Waals surface area contributed by atoms with Gasteiger partial charge in [-0.05, 0) is 18.2 Å². The second-order valence-corrected chi connectivity index (χ2v) is 7.79. The number of ketones is 1.